The van der Waals surface area contributed by atoms with Crippen molar-refractivity contribution in [3.8, 4) is 0 Å². The number of nitrogens with two attached hydrogens (primary N) is 3. The topological polar surface area (TPSA) is 335 Å². The van der Waals surface area contributed by atoms with Gasteiger partial charge in [-0.25, -0.2) is 0 Å². The molecule has 78 heavy (non-hydrogen) atoms. The summed E-state index contributed by atoms with van der Waals surface area (Å²) in [4.78, 5) is 117. The summed E-state index contributed by atoms with van der Waals surface area (Å²) >= 11 is 6.08. The molecule has 5 aromatic rings. The first-order valence-corrected chi connectivity index (χ1v) is 28.7. The van der Waals surface area contributed by atoms with E-state index in [0.29, 0.717) is 34.6 Å². The lowest BCUT2D eigenvalue weighted by atomic mass is 10.00. The lowest BCUT2D eigenvalue weighted by Gasteiger charge is -2.29. The Bertz CT molecular complexity index is 2910. The van der Waals surface area contributed by atoms with E-state index in [4.69, 9.17) is 28.8 Å². The van der Waals surface area contributed by atoms with Gasteiger partial charge in [-0.2, -0.15) is 0 Å². The van der Waals surface area contributed by atoms with Crippen molar-refractivity contribution in [2.24, 2.45) is 23.1 Å². The molecule has 1 aromatic heterocycles. The van der Waals surface area contributed by atoms with Gasteiger partial charge in [-0.3, -0.25) is 38.4 Å². The summed E-state index contributed by atoms with van der Waals surface area (Å²) in [5.74, 6) is -7.06. The number of unbranched alkanes of at least 4 members (excludes halogenated alkanes) is 1. The highest BCUT2D eigenvalue weighted by molar-refractivity contribution is 8.76. The van der Waals surface area contributed by atoms with Crippen LogP contribution in [-0.4, -0.2) is 130 Å². The van der Waals surface area contributed by atoms with E-state index in [-0.39, 0.29) is 56.1 Å². The highest BCUT2D eigenvalue weighted by Crippen LogP contribution is 2.25. The average Bonchev–Trinajstić information content (AvgIpc) is 3.83. The molecular weight excluding hydrogens is 1060 g/mol. The fourth-order valence-electron chi connectivity index (χ4n) is 8.87. The number of amides is 8. The van der Waals surface area contributed by atoms with E-state index < -0.39 is 102 Å². The van der Waals surface area contributed by atoms with Crippen LogP contribution in [-0.2, 0) is 57.6 Å². The molecule has 20 nitrogen and oxygen atoms in total. The van der Waals surface area contributed by atoms with Crippen LogP contribution in [0.4, 0.5) is 0 Å². The van der Waals surface area contributed by atoms with Crippen LogP contribution in [0.25, 0.3) is 21.7 Å². The minimum Gasteiger partial charge on any atom is -0.391 e. The van der Waals surface area contributed by atoms with Gasteiger partial charge in [0.25, 0.3) is 0 Å². The number of aromatic nitrogens is 1. The molecule has 4 aromatic carbocycles. The van der Waals surface area contributed by atoms with Crippen molar-refractivity contribution in [2.45, 2.75) is 120 Å². The Hall–Kier alpha value is -6.69. The lowest BCUT2D eigenvalue weighted by Crippen LogP contribution is -2.62. The largest absolute Gasteiger partial charge is 0.391 e. The number of aliphatic hydroxyl groups excluding tert-OH is 1. The molecule has 15 N–H and O–H groups in total. The predicted molar refractivity (Wildman–Crippen MR) is 304 cm³/mol. The maximum atomic E-state index is 14.7. The average molecular weight is 1130 g/mol. The van der Waals surface area contributed by atoms with Crippen LogP contribution in [0.15, 0.2) is 97.2 Å². The quantitative estimate of drug-likeness (QED) is 0.0443. The molecule has 6 rings (SSSR count). The van der Waals surface area contributed by atoms with Crippen LogP contribution in [0.1, 0.15) is 63.1 Å². The van der Waals surface area contributed by atoms with E-state index in [1.165, 1.54) is 6.92 Å². The van der Waals surface area contributed by atoms with Crippen LogP contribution in [0.3, 0.4) is 0 Å². The van der Waals surface area contributed by atoms with Crippen molar-refractivity contribution in [3.63, 3.8) is 0 Å². The summed E-state index contributed by atoms with van der Waals surface area (Å²) in [5, 5.41) is 33.2. The highest BCUT2D eigenvalue weighted by Gasteiger charge is 2.37. The second kappa shape index (κ2) is 29.3. The van der Waals surface area contributed by atoms with Gasteiger partial charge in [0.2, 0.25) is 47.3 Å². The number of hydrogen-bond acceptors (Lipinski definition) is 13. The first-order valence-electron chi connectivity index (χ1n) is 25.9. The van der Waals surface area contributed by atoms with Gasteiger partial charge >= 0.3 is 0 Å². The molecule has 9 atom stereocenters. The number of nitrogens with one attached hydrogen (secondary N) is 8. The third kappa shape index (κ3) is 17.7. The molecule has 1 aliphatic heterocycles. The van der Waals surface area contributed by atoms with E-state index in [2.05, 4.69) is 42.2 Å². The number of halogens is 1. The Morgan fingerprint density at radius 3 is 2.08 bits per heavy atom. The lowest BCUT2D eigenvalue weighted by molar-refractivity contribution is -0.136. The number of primary amides is 1. The molecule has 2 heterocycles. The third-order valence-corrected chi connectivity index (χ3v) is 15.8. The number of para-hydroxylation sites is 1. The van der Waals surface area contributed by atoms with E-state index in [9.17, 15) is 43.5 Å². The zero-order valence-corrected chi connectivity index (χ0v) is 46.1. The van der Waals surface area contributed by atoms with Gasteiger partial charge in [0.05, 0.1) is 12.1 Å². The maximum Gasteiger partial charge on any atom is 0.245 e. The highest BCUT2D eigenvalue weighted by atomic mass is 35.5. The predicted octanol–water partition coefficient (Wildman–Crippen LogP) is 2.16. The second-order valence-electron chi connectivity index (χ2n) is 19.9. The van der Waals surface area contributed by atoms with Crippen LogP contribution in [0.2, 0.25) is 5.02 Å². The van der Waals surface area contributed by atoms with Crippen LogP contribution in [0, 0.1) is 5.92 Å². The number of hydrogen-bond donors (Lipinski definition) is 12. The second-order valence-corrected chi connectivity index (χ2v) is 22.9. The van der Waals surface area contributed by atoms with E-state index in [1.54, 1.807) is 36.5 Å². The van der Waals surface area contributed by atoms with Crippen molar-refractivity contribution >= 4 is 102 Å². The Balaban J connectivity index is 1.35. The van der Waals surface area contributed by atoms with Gasteiger partial charge < -0.3 is 64.5 Å². The number of H-pyrrole nitrogens is 1. The molecule has 0 spiro atoms. The summed E-state index contributed by atoms with van der Waals surface area (Å²) < 4.78 is 0. The molecule has 0 unspecified atom stereocenters. The summed E-state index contributed by atoms with van der Waals surface area (Å²) in [6.45, 7) is 5.22. The summed E-state index contributed by atoms with van der Waals surface area (Å²) in [6.07, 6.45) is 1.11. The van der Waals surface area contributed by atoms with Crippen molar-refractivity contribution in [2.75, 3.05) is 18.1 Å². The maximum absolute atomic E-state index is 14.7. The Labute approximate surface area is 465 Å². The normalized spacial score (nSPS) is 21.5. The Morgan fingerprint density at radius 1 is 0.731 bits per heavy atom. The minimum atomic E-state index is -1.69. The zero-order valence-electron chi connectivity index (χ0n) is 43.7. The van der Waals surface area contributed by atoms with Crippen LogP contribution in [0.5, 0.6) is 0 Å². The summed E-state index contributed by atoms with van der Waals surface area (Å²) in [5.41, 5.74) is 20.9. The van der Waals surface area contributed by atoms with E-state index in [0.717, 1.165) is 43.3 Å². The Kier molecular flexibility index (Phi) is 22.8. The van der Waals surface area contributed by atoms with Gasteiger partial charge in [-0.05, 0) is 97.2 Å². The third-order valence-electron chi connectivity index (χ3n) is 13.2. The van der Waals surface area contributed by atoms with Crippen molar-refractivity contribution < 1.29 is 43.5 Å². The molecule has 23 heteroatoms. The van der Waals surface area contributed by atoms with Crippen LogP contribution >= 0.6 is 33.2 Å². The van der Waals surface area contributed by atoms with Crippen LogP contribution < -0.4 is 54.4 Å². The fourth-order valence-corrected chi connectivity index (χ4v) is 11.3. The van der Waals surface area contributed by atoms with E-state index in [1.807, 2.05) is 74.5 Å². The number of carbonyl (C=O) groups excluding carboxylic acids is 8. The number of carbonyl (C=O) groups is 8. The molecule has 1 fully saturated rings. The minimum absolute atomic E-state index is 0.00675. The smallest absolute Gasteiger partial charge is 0.245 e. The number of aliphatic hydroxyl groups is 1. The number of rotatable bonds is 18. The molecular formula is C55H70ClN11O9S2. The fraction of sp³-hybridized carbons (Fsp3) is 0.418. The van der Waals surface area contributed by atoms with Gasteiger partial charge in [0.1, 0.15) is 42.3 Å². The van der Waals surface area contributed by atoms with Crippen molar-refractivity contribution in [3.05, 3.63) is 119 Å². The molecule has 418 valence electrons. The molecule has 1 saturated heterocycles. The molecule has 0 saturated carbocycles. The summed E-state index contributed by atoms with van der Waals surface area (Å²) in [6, 6.07) is 16.5. The number of benzene rings is 4. The standard InChI is InChI=1S/C55H70ClN11O9S2/c1-30(2)22-43-51(72)64-44(26-36-27-60-40-13-7-6-12-38(36)40)52(73)61-41(14-8-9-21-57)50(71)67-47(31(3)68)55(76)66-46(53(74)62-42(48(59)69)25-33-15-18-34-10-4-5-11-35(34)23-33)29-78-77-28-45(54(75)63-43)65-49(70)39(58)24-32-16-19-37(56)20-17-32/h4-7,10-13,15-20,23,27,30-31,39,41-47,60,68H,8-9,14,21-22,24-26,28-29,57-58H2,1-3H3,(H2,59,69)(H,61,73)(H,62,74)(H,63,75)(H,64,72)(H,65,70)(H,66,76)(H,67,71)/t31-,39+,41+,42+,43+,44-,45-,46+,47+/m1/s1. The Morgan fingerprint density at radius 2 is 1.37 bits per heavy atom. The van der Waals surface area contributed by atoms with Gasteiger partial charge in [0, 0.05) is 46.5 Å². The summed E-state index contributed by atoms with van der Waals surface area (Å²) in [7, 11) is 2.06. The van der Waals surface area contributed by atoms with Crippen molar-refractivity contribution in [1.82, 2.24) is 42.2 Å². The number of aromatic amines is 1. The molecule has 0 radical (unpaired) electrons. The SMILES string of the molecule is CC(C)C[C@@H]1NC(=O)[C@H](NC(=O)[C@@H](N)Cc2ccc(Cl)cc2)CSSC[C@@H](C(=O)N[C@@H](Cc2ccc3ccccc3c2)C(N)=O)NC(=O)[C@H]([C@@H](C)O)NC(=O)[C@H](CCCCN)NC(=O)[C@@H](Cc2c[nH]c3ccccc23)NC1=O. The van der Waals surface area contributed by atoms with Gasteiger partial charge in [-0.15, -0.1) is 0 Å². The monoisotopic (exact) mass is 1130 g/mol. The van der Waals surface area contributed by atoms with E-state index >= 15 is 0 Å². The van der Waals surface area contributed by atoms with Gasteiger partial charge in [-0.1, -0.05) is 120 Å². The number of fused-ring (bicyclic) bond motifs is 2. The molecule has 0 bridgehead atoms. The molecule has 1 aliphatic rings. The van der Waals surface area contributed by atoms with Crippen molar-refractivity contribution in [1.29, 1.82) is 0 Å². The first kappa shape index (κ1) is 60.5. The zero-order chi connectivity index (χ0) is 56.5. The molecule has 0 aliphatic carbocycles. The molecule has 8 amide bonds. The first-order chi connectivity index (χ1) is 37.3. The van der Waals surface area contributed by atoms with Gasteiger partial charge in [0.15, 0.2) is 0 Å².